The van der Waals surface area contributed by atoms with Crippen molar-refractivity contribution >= 4 is 10.8 Å². The summed E-state index contributed by atoms with van der Waals surface area (Å²) in [4.78, 5) is 4.08. The summed E-state index contributed by atoms with van der Waals surface area (Å²) in [5, 5.41) is 6.10. The molecule has 1 heterocycles. The number of hydrogen-bond donors (Lipinski definition) is 1. The largest absolute Gasteiger partial charge is 0.490 e. The van der Waals surface area contributed by atoms with Gasteiger partial charge in [0.05, 0.1) is 12.4 Å². The first kappa shape index (κ1) is 17.5. The summed E-state index contributed by atoms with van der Waals surface area (Å²) in [5.41, 5.74) is 1.25. The Bertz CT molecular complexity index is 783. The third kappa shape index (κ3) is 4.60. The maximum Gasteiger partial charge on any atom is 0.124 e. The summed E-state index contributed by atoms with van der Waals surface area (Å²) in [7, 11) is 0. The highest BCUT2D eigenvalue weighted by molar-refractivity contribution is 5.87. The summed E-state index contributed by atoms with van der Waals surface area (Å²) in [6.07, 6.45) is 7.99. The van der Waals surface area contributed by atoms with Crippen molar-refractivity contribution in [1.82, 2.24) is 14.9 Å². The maximum atomic E-state index is 6.17. The molecule has 0 aliphatic heterocycles. The van der Waals surface area contributed by atoms with Crippen molar-refractivity contribution in [2.45, 2.75) is 45.9 Å². The van der Waals surface area contributed by atoms with Gasteiger partial charge < -0.3 is 14.6 Å². The van der Waals surface area contributed by atoms with Crippen molar-refractivity contribution in [1.29, 1.82) is 0 Å². The fraction of sp³-hybridized carbons (Fsp3) is 0.381. The van der Waals surface area contributed by atoms with Crippen LogP contribution in [0.5, 0.6) is 5.75 Å². The smallest absolute Gasteiger partial charge is 0.124 e. The van der Waals surface area contributed by atoms with Gasteiger partial charge in [0.15, 0.2) is 0 Å². The average Bonchev–Trinajstić information content (AvgIpc) is 3.16. The molecule has 1 unspecified atom stereocenters. The van der Waals surface area contributed by atoms with Crippen LogP contribution in [0.1, 0.15) is 32.3 Å². The molecular weight excluding hydrogens is 310 g/mol. The summed E-state index contributed by atoms with van der Waals surface area (Å²) in [5.74, 6) is 0.996. The first-order chi connectivity index (χ1) is 12.3. The normalized spacial score (nSPS) is 12.4. The van der Waals surface area contributed by atoms with E-state index >= 15 is 0 Å². The fourth-order valence-corrected chi connectivity index (χ4v) is 2.93. The van der Waals surface area contributed by atoms with Crippen molar-refractivity contribution in [2.75, 3.05) is 6.54 Å². The zero-order valence-electron chi connectivity index (χ0n) is 15.1. The predicted molar refractivity (Wildman–Crippen MR) is 103 cm³/mol. The van der Waals surface area contributed by atoms with Gasteiger partial charge in [-0.05, 0) is 43.1 Å². The zero-order chi connectivity index (χ0) is 17.5. The predicted octanol–water partition coefficient (Wildman–Crippen LogP) is 4.39. The minimum atomic E-state index is 0.223. The van der Waals surface area contributed by atoms with Crippen molar-refractivity contribution in [3.05, 3.63) is 60.7 Å². The fourth-order valence-electron chi connectivity index (χ4n) is 2.93. The van der Waals surface area contributed by atoms with E-state index in [0.717, 1.165) is 38.2 Å². The summed E-state index contributed by atoms with van der Waals surface area (Å²) in [6, 6.07) is 12.8. The number of imidazole rings is 1. The Hall–Kier alpha value is -2.33. The Kier molecular flexibility index (Phi) is 6.07. The molecule has 1 N–H and O–H groups in total. The van der Waals surface area contributed by atoms with Crippen LogP contribution in [0, 0.1) is 0 Å². The Morgan fingerprint density at radius 3 is 2.88 bits per heavy atom. The number of aromatic nitrogens is 2. The number of ether oxygens (including phenoxy) is 1. The van der Waals surface area contributed by atoms with Crippen LogP contribution in [0.2, 0.25) is 0 Å². The van der Waals surface area contributed by atoms with Gasteiger partial charge in [-0.1, -0.05) is 37.3 Å². The lowest BCUT2D eigenvalue weighted by molar-refractivity contribution is 0.215. The first-order valence-corrected chi connectivity index (χ1v) is 9.11. The van der Waals surface area contributed by atoms with Gasteiger partial charge in [-0.25, -0.2) is 4.98 Å². The summed E-state index contributed by atoms with van der Waals surface area (Å²) < 4.78 is 8.27. The van der Waals surface area contributed by atoms with Crippen molar-refractivity contribution in [3.8, 4) is 5.75 Å². The van der Waals surface area contributed by atoms with Gasteiger partial charge >= 0.3 is 0 Å². The number of nitrogens with one attached hydrogen (secondary N) is 1. The van der Waals surface area contributed by atoms with E-state index in [-0.39, 0.29) is 6.10 Å². The molecule has 0 saturated heterocycles. The van der Waals surface area contributed by atoms with Crippen LogP contribution in [0.4, 0.5) is 0 Å². The highest BCUT2D eigenvalue weighted by Crippen LogP contribution is 2.29. The van der Waals surface area contributed by atoms with Crippen molar-refractivity contribution < 1.29 is 4.74 Å². The monoisotopic (exact) mass is 337 g/mol. The van der Waals surface area contributed by atoms with Gasteiger partial charge in [0.2, 0.25) is 0 Å². The molecule has 0 fully saturated rings. The number of hydrogen-bond acceptors (Lipinski definition) is 3. The molecule has 132 valence electrons. The summed E-state index contributed by atoms with van der Waals surface area (Å²) in [6.45, 7) is 7.04. The van der Waals surface area contributed by atoms with E-state index in [1.165, 1.54) is 16.3 Å². The van der Waals surface area contributed by atoms with E-state index in [2.05, 4.69) is 65.1 Å². The van der Waals surface area contributed by atoms with Crippen LogP contribution < -0.4 is 10.1 Å². The Morgan fingerprint density at radius 1 is 1.20 bits per heavy atom. The molecule has 4 nitrogen and oxygen atoms in total. The molecular formula is C21H27N3O. The molecule has 2 aromatic carbocycles. The van der Waals surface area contributed by atoms with E-state index in [1.54, 1.807) is 0 Å². The molecule has 0 aliphatic carbocycles. The topological polar surface area (TPSA) is 39.1 Å². The number of fused-ring (bicyclic) bond motifs is 1. The molecule has 3 rings (SSSR count). The molecule has 0 bridgehead atoms. The highest BCUT2D eigenvalue weighted by atomic mass is 16.5. The third-order valence-corrected chi connectivity index (χ3v) is 4.53. The Labute approximate surface area is 149 Å². The second-order valence-electron chi connectivity index (χ2n) is 6.43. The van der Waals surface area contributed by atoms with Gasteiger partial charge in [0, 0.05) is 31.0 Å². The van der Waals surface area contributed by atoms with Crippen LogP contribution in [-0.2, 0) is 13.1 Å². The lowest BCUT2D eigenvalue weighted by Gasteiger charge is -2.18. The van der Waals surface area contributed by atoms with Crippen LogP contribution >= 0.6 is 0 Å². The van der Waals surface area contributed by atoms with Crippen molar-refractivity contribution in [3.63, 3.8) is 0 Å². The number of benzene rings is 2. The Morgan fingerprint density at radius 2 is 2.08 bits per heavy atom. The standard InChI is InChI=1S/C21H27N3O/c1-3-17(2)25-21-10-9-18-7-4-5-8-19(18)20(21)15-22-11-6-13-24-14-12-23-16-24/h4-5,7-10,12,14,16-17,22H,3,6,11,13,15H2,1-2H3. The van der Waals surface area contributed by atoms with Crippen LogP contribution in [0.15, 0.2) is 55.1 Å². The lowest BCUT2D eigenvalue weighted by Crippen LogP contribution is -2.18. The molecule has 0 saturated carbocycles. The van der Waals surface area contributed by atoms with Gasteiger partial charge in [-0.15, -0.1) is 0 Å². The SMILES string of the molecule is CCC(C)Oc1ccc2ccccc2c1CNCCCn1ccnc1. The molecule has 0 spiro atoms. The zero-order valence-corrected chi connectivity index (χ0v) is 15.1. The van der Waals surface area contributed by atoms with E-state index in [0.29, 0.717) is 0 Å². The van der Waals surface area contributed by atoms with E-state index < -0.39 is 0 Å². The number of aryl methyl sites for hydroxylation is 1. The second kappa shape index (κ2) is 8.67. The minimum absolute atomic E-state index is 0.223. The second-order valence-corrected chi connectivity index (χ2v) is 6.43. The van der Waals surface area contributed by atoms with Gasteiger partial charge in [-0.3, -0.25) is 0 Å². The van der Waals surface area contributed by atoms with Crippen LogP contribution in [0.3, 0.4) is 0 Å². The molecule has 3 aromatic rings. The molecule has 25 heavy (non-hydrogen) atoms. The van der Waals surface area contributed by atoms with Gasteiger partial charge in [0.1, 0.15) is 5.75 Å². The van der Waals surface area contributed by atoms with Gasteiger partial charge in [-0.2, -0.15) is 0 Å². The van der Waals surface area contributed by atoms with E-state index in [1.807, 2.05) is 18.7 Å². The summed E-state index contributed by atoms with van der Waals surface area (Å²) >= 11 is 0. The van der Waals surface area contributed by atoms with E-state index in [4.69, 9.17) is 4.74 Å². The molecule has 0 aliphatic rings. The third-order valence-electron chi connectivity index (χ3n) is 4.53. The highest BCUT2D eigenvalue weighted by Gasteiger charge is 2.11. The number of nitrogens with zero attached hydrogens (tertiary/aromatic N) is 2. The van der Waals surface area contributed by atoms with E-state index in [9.17, 15) is 0 Å². The van der Waals surface area contributed by atoms with Crippen LogP contribution in [-0.4, -0.2) is 22.2 Å². The molecule has 1 atom stereocenters. The van der Waals surface area contributed by atoms with Crippen LogP contribution in [0.25, 0.3) is 10.8 Å². The Balaban J connectivity index is 1.67. The maximum absolute atomic E-state index is 6.17. The molecule has 4 heteroatoms. The van der Waals surface area contributed by atoms with Gasteiger partial charge in [0.25, 0.3) is 0 Å². The quantitative estimate of drug-likeness (QED) is 0.589. The molecule has 1 aromatic heterocycles. The lowest BCUT2D eigenvalue weighted by atomic mass is 10.0. The molecule has 0 amide bonds. The average molecular weight is 337 g/mol. The molecule has 0 radical (unpaired) electrons. The number of rotatable bonds is 9. The van der Waals surface area contributed by atoms with Crippen molar-refractivity contribution in [2.24, 2.45) is 0 Å². The first-order valence-electron chi connectivity index (χ1n) is 9.11. The minimum Gasteiger partial charge on any atom is -0.490 e.